The quantitative estimate of drug-likeness (QED) is 0.681. The maximum atomic E-state index is 12.7. The van der Waals surface area contributed by atoms with Gasteiger partial charge in [-0.15, -0.1) is 0 Å². The Morgan fingerprint density at radius 1 is 1.13 bits per heavy atom. The van der Waals surface area contributed by atoms with Crippen molar-refractivity contribution in [1.82, 2.24) is 10.2 Å². The number of nitrogens with one attached hydrogen (secondary N) is 2. The largest absolute Gasteiger partial charge is 0.467 e. The lowest BCUT2D eigenvalue weighted by molar-refractivity contribution is -0.119. The molecule has 0 aliphatic heterocycles. The molecular weight excluding hydrogens is 380 g/mol. The van der Waals surface area contributed by atoms with Crippen LogP contribution in [0.1, 0.15) is 43.9 Å². The second-order valence-corrected chi connectivity index (χ2v) is 7.98. The van der Waals surface area contributed by atoms with Crippen molar-refractivity contribution in [3.8, 4) is 0 Å². The molecule has 3 amide bonds. The Bertz CT molecular complexity index is 842. The van der Waals surface area contributed by atoms with Gasteiger partial charge in [-0.3, -0.25) is 4.79 Å². The van der Waals surface area contributed by atoms with E-state index in [1.807, 2.05) is 56.3 Å². The lowest BCUT2D eigenvalue weighted by Gasteiger charge is -2.26. The molecule has 0 saturated heterocycles. The number of benzene rings is 1. The van der Waals surface area contributed by atoms with Gasteiger partial charge < -0.3 is 24.9 Å². The minimum atomic E-state index is -0.154. The van der Waals surface area contributed by atoms with Crippen LogP contribution < -0.4 is 15.5 Å². The Morgan fingerprint density at radius 2 is 1.90 bits per heavy atom. The number of furan rings is 1. The molecule has 0 spiro atoms. The van der Waals surface area contributed by atoms with Crippen molar-refractivity contribution >= 4 is 23.3 Å². The average Bonchev–Trinajstić information content (AvgIpc) is 3.42. The van der Waals surface area contributed by atoms with Gasteiger partial charge in [0.25, 0.3) is 0 Å². The zero-order chi connectivity index (χ0) is 21.5. The molecule has 7 heteroatoms. The Labute approximate surface area is 178 Å². The zero-order valence-electron chi connectivity index (χ0n) is 18.1. The van der Waals surface area contributed by atoms with Crippen molar-refractivity contribution in [1.29, 1.82) is 0 Å². The van der Waals surface area contributed by atoms with Crippen LogP contribution in [0, 0.1) is 5.92 Å². The molecule has 1 fully saturated rings. The Balaban J connectivity index is 1.82. The molecule has 162 valence electrons. The minimum absolute atomic E-state index is 0.0900. The number of rotatable bonds is 8. The van der Waals surface area contributed by atoms with E-state index in [9.17, 15) is 9.59 Å². The van der Waals surface area contributed by atoms with Gasteiger partial charge in [-0.05, 0) is 55.7 Å². The van der Waals surface area contributed by atoms with E-state index >= 15 is 0 Å². The smallest absolute Gasteiger partial charge is 0.318 e. The topological polar surface area (TPSA) is 77.8 Å². The Kier molecular flexibility index (Phi) is 7.38. The van der Waals surface area contributed by atoms with Crippen LogP contribution in [0.15, 0.2) is 41.0 Å². The van der Waals surface area contributed by atoms with Gasteiger partial charge >= 0.3 is 6.03 Å². The lowest BCUT2D eigenvalue weighted by Crippen LogP contribution is -2.39. The molecule has 2 aromatic rings. The van der Waals surface area contributed by atoms with Crippen molar-refractivity contribution in [3.05, 3.63) is 47.9 Å². The van der Waals surface area contributed by atoms with E-state index in [0.29, 0.717) is 19.6 Å². The molecule has 7 nitrogen and oxygen atoms in total. The predicted octanol–water partition coefficient (Wildman–Crippen LogP) is 4.21. The Morgan fingerprint density at radius 3 is 2.53 bits per heavy atom. The highest BCUT2D eigenvalue weighted by Gasteiger charge is 2.23. The fourth-order valence-electron chi connectivity index (χ4n) is 3.92. The molecule has 3 rings (SSSR count). The number of nitrogens with zero attached hydrogens (tertiary/aromatic N) is 2. The maximum absolute atomic E-state index is 12.7. The van der Waals surface area contributed by atoms with Gasteiger partial charge in [-0.2, -0.15) is 0 Å². The minimum Gasteiger partial charge on any atom is -0.467 e. The van der Waals surface area contributed by atoms with Crippen LogP contribution in [0.5, 0.6) is 0 Å². The summed E-state index contributed by atoms with van der Waals surface area (Å²) in [5.74, 6) is 0.915. The number of urea groups is 1. The third-order valence-electron chi connectivity index (χ3n) is 5.46. The number of carbonyl (C=O) groups is 2. The second kappa shape index (κ2) is 10.2. The van der Waals surface area contributed by atoms with E-state index in [-0.39, 0.29) is 17.9 Å². The van der Waals surface area contributed by atoms with Crippen LogP contribution in [0.3, 0.4) is 0 Å². The summed E-state index contributed by atoms with van der Waals surface area (Å²) in [6.07, 6.45) is 5.77. The molecule has 0 unspecified atom stereocenters. The van der Waals surface area contributed by atoms with Gasteiger partial charge in [-0.1, -0.05) is 12.8 Å². The third-order valence-corrected chi connectivity index (χ3v) is 5.46. The number of anilines is 2. The van der Waals surface area contributed by atoms with Crippen LogP contribution >= 0.6 is 0 Å². The zero-order valence-corrected chi connectivity index (χ0v) is 18.1. The molecular formula is C23H32N4O3. The van der Waals surface area contributed by atoms with Crippen molar-refractivity contribution in [2.45, 2.75) is 45.7 Å². The summed E-state index contributed by atoms with van der Waals surface area (Å²) in [5.41, 5.74) is 2.73. The number of carbonyl (C=O) groups excluding carboxylic acids is 2. The van der Waals surface area contributed by atoms with E-state index in [1.165, 1.54) is 0 Å². The highest BCUT2D eigenvalue weighted by Crippen LogP contribution is 2.28. The average molecular weight is 413 g/mol. The molecule has 1 aliphatic carbocycles. The summed E-state index contributed by atoms with van der Waals surface area (Å²) in [7, 11) is 3.94. The summed E-state index contributed by atoms with van der Waals surface area (Å²) in [4.78, 5) is 29.0. The molecule has 2 N–H and O–H groups in total. The molecule has 1 aromatic heterocycles. The van der Waals surface area contributed by atoms with E-state index in [0.717, 1.165) is 48.4 Å². The van der Waals surface area contributed by atoms with Crippen molar-refractivity contribution in [3.63, 3.8) is 0 Å². The predicted molar refractivity (Wildman–Crippen MR) is 118 cm³/mol. The number of hydrogen-bond donors (Lipinski definition) is 2. The normalized spacial score (nSPS) is 13.8. The lowest BCUT2D eigenvalue weighted by atomic mass is 10.1. The van der Waals surface area contributed by atoms with Gasteiger partial charge in [0, 0.05) is 37.9 Å². The molecule has 1 aromatic carbocycles. The van der Waals surface area contributed by atoms with Crippen LogP contribution in [0.2, 0.25) is 0 Å². The first kappa shape index (κ1) is 21.7. The highest BCUT2D eigenvalue weighted by atomic mass is 16.3. The van der Waals surface area contributed by atoms with Crippen molar-refractivity contribution in [2.24, 2.45) is 5.92 Å². The highest BCUT2D eigenvalue weighted by molar-refractivity contribution is 5.93. The molecule has 1 saturated carbocycles. The fraction of sp³-hybridized carbons (Fsp3) is 0.478. The van der Waals surface area contributed by atoms with E-state index in [4.69, 9.17) is 4.42 Å². The first-order valence-electron chi connectivity index (χ1n) is 10.6. The van der Waals surface area contributed by atoms with Crippen molar-refractivity contribution < 1.29 is 14.0 Å². The van der Waals surface area contributed by atoms with Gasteiger partial charge in [0.2, 0.25) is 5.91 Å². The van der Waals surface area contributed by atoms with Crippen molar-refractivity contribution in [2.75, 3.05) is 30.9 Å². The standard InChI is InChI=1S/C23H32N4O3/c1-4-24-23(29)27(16-20-10-7-13-30-20)15-18-14-19(11-12-21(18)26(2)3)25-22(28)17-8-5-6-9-17/h7,10-14,17H,4-6,8-9,15-16H2,1-3H3,(H,24,29)(H,25,28). The van der Waals surface area contributed by atoms with Crippen LogP contribution in [0.25, 0.3) is 0 Å². The summed E-state index contributed by atoms with van der Waals surface area (Å²) in [5, 5.41) is 5.94. The fourth-order valence-corrected chi connectivity index (χ4v) is 3.92. The van der Waals surface area contributed by atoms with Gasteiger partial charge in [-0.25, -0.2) is 4.79 Å². The van der Waals surface area contributed by atoms with E-state index in [2.05, 4.69) is 10.6 Å². The third kappa shape index (κ3) is 5.55. The summed E-state index contributed by atoms with van der Waals surface area (Å²) in [6.45, 7) is 3.20. The summed E-state index contributed by atoms with van der Waals surface area (Å²) >= 11 is 0. The first-order chi connectivity index (χ1) is 14.5. The first-order valence-corrected chi connectivity index (χ1v) is 10.6. The van der Waals surface area contributed by atoms with Gasteiger partial charge in [0.15, 0.2) is 0 Å². The molecule has 1 heterocycles. The van der Waals surface area contributed by atoms with E-state index < -0.39 is 0 Å². The van der Waals surface area contributed by atoms with Gasteiger partial charge in [0.05, 0.1) is 19.4 Å². The molecule has 1 aliphatic rings. The maximum Gasteiger partial charge on any atom is 0.318 e. The second-order valence-electron chi connectivity index (χ2n) is 7.98. The summed E-state index contributed by atoms with van der Waals surface area (Å²) in [6, 6.07) is 9.40. The SMILES string of the molecule is CCNC(=O)N(Cc1ccco1)Cc1cc(NC(=O)C2CCCC2)ccc1N(C)C. The van der Waals surface area contributed by atoms with Crippen LogP contribution in [-0.2, 0) is 17.9 Å². The number of amides is 3. The molecule has 0 atom stereocenters. The number of hydrogen-bond acceptors (Lipinski definition) is 4. The Hall–Kier alpha value is -2.96. The van der Waals surface area contributed by atoms with Crippen LogP contribution in [-0.4, -0.2) is 37.5 Å². The van der Waals surface area contributed by atoms with Gasteiger partial charge in [0.1, 0.15) is 5.76 Å². The molecule has 30 heavy (non-hydrogen) atoms. The van der Waals surface area contributed by atoms with Crippen LogP contribution in [0.4, 0.5) is 16.2 Å². The van der Waals surface area contributed by atoms with E-state index in [1.54, 1.807) is 11.2 Å². The monoisotopic (exact) mass is 412 g/mol. The summed E-state index contributed by atoms with van der Waals surface area (Å²) < 4.78 is 5.45. The molecule has 0 radical (unpaired) electrons. The molecule has 0 bridgehead atoms.